The lowest BCUT2D eigenvalue weighted by Gasteiger charge is -2.36. The van der Waals surface area contributed by atoms with E-state index in [1.165, 1.54) is 6.42 Å². The van der Waals surface area contributed by atoms with E-state index in [4.69, 9.17) is 9.84 Å². The Bertz CT molecular complexity index is 1010. The normalized spacial score (nSPS) is 25.5. The molecule has 160 valence electrons. The molecule has 3 heterocycles. The largest absolute Gasteiger partial charge is 0.378 e. The van der Waals surface area contributed by atoms with Gasteiger partial charge in [0.2, 0.25) is 0 Å². The minimum Gasteiger partial charge on any atom is -0.378 e. The Morgan fingerprint density at radius 1 is 1.23 bits per heavy atom. The van der Waals surface area contributed by atoms with Crippen LogP contribution in [0.25, 0.3) is 11.3 Å². The fourth-order valence-corrected chi connectivity index (χ4v) is 6.51. The molecule has 1 aliphatic carbocycles. The smallest absolute Gasteiger partial charge is 0.274 e. The van der Waals surface area contributed by atoms with E-state index in [9.17, 15) is 9.00 Å². The Kier molecular flexibility index (Phi) is 5.06. The molecule has 0 N–H and O–H groups in total. The summed E-state index contributed by atoms with van der Waals surface area (Å²) in [5.74, 6) is 0.299. The zero-order valence-electron chi connectivity index (χ0n) is 17.7. The Morgan fingerprint density at radius 3 is 2.77 bits per heavy atom. The lowest BCUT2D eigenvalue weighted by Crippen LogP contribution is -2.41. The van der Waals surface area contributed by atoms with Crippen molar-refractivity contribution in [1.82, 2.24) is 14.7 Å². The van der Waals surface area contributed by atoms with Gasteiger partial charge in [0.25, 0.3) is 5.91 Å². The molecule has 1 saturated heterocycles. The highest BCUT2D eigenvalue weighted by atomic mass is 32.2. The highest BCUT2D eigenvalue weighted by Crippen LogP contribution is 2.45. The molecule has 3 aliphatic rings. The van der Waals surface area contributed by atoms with Crippen LogP contribution in [-0.4, -0.2) is 51.1 Å². The van der Waals surface area contributed by atoms with Gasteiger partial charge in [0.05, 0.1) is 41.5 Å². The maximum Gasteiger partial charge on any atom is 0.274 e. The first-order valence-corrected chi connectivity index (χ1v) is 12.2. The van der Waals surface area contributed by atoms with Crippen molar-refractivity contribution in [3.8, 4) is 11.3 Å². The molecule has 1 aromatic carbocycles. The number of carbonyl (C=O) groups excluding carboxylic acids is 1. The van der Waals surface area contributed by atoms with Gasteiger partial charge in [-0.2, -0.15) is 5.10 Å². The molecule has 2 aliphatic heterocycles. The highest BCUT2D eigenvalue weighted by Gasteiger charge is 2.37. The van der Waals surface area contributed by atoms with Gasteiger partial charge in [0, 0.05) is 29.1 Å². The second-order valence-electron chi connectivity index (χ2n) is 9.43. The number of carbonyl (C=O) groups is 1. The average Bonchev–Trinajstić information content (AvgIpc) is 3.13. The zero-order chi connectivity index (χ0) is 20.9. The van der Waals surface area contributed by atoms with Crippen LogP contribution in [0.2, 0.25) is 0 Å². The standard InChI is InChI=1S/C23H29N3O3S/c1-23(2)9-5-6-16(14-23)26-21-17-7-3-4-8-19(17)30(28)15-18(21)20(24-26)22(27)25-10-12-29-13-11-25/h3-4,7-8,16H,5-6,9-15H2,1-2H3. The third kappa shape index (κ3) is 3.42. The van der Waals surface area contributed by atoms with Crippen LogP contribution in [0.4, 0.5) is 0 Å². The van der Waals surface area contributed by atoms with E-state index in [-0.39, 0.29) is 17.4 Å². The molecule has 0 spiro atoms. The molecule has 7 heteroatoms. The van der Waals surface area contributed by atoms with Crippen molar-refractivity contribution in [2.75, 3.05) is 26.3 Å². The van der Waals surface area contributed by atoms with E-state index in [0.29, 0.717) is 37.8 Å². The number of benzene rings is 1. The maximum atomic E-state index is 13.4. The van der Waals surface area contributed by atoms with Gasteiger partial charge in [-0.1, -0.05) is 38.5 Å². The molecule has 6 nitrogen and oxygen atoms in total. The number of nitrogens with zero attached hydrogens (tertiary/aromatic N) is 3. The molecule has 2 atom stereocenters. The summed E-state index contributed by atoms with van der Waals surface area (Å²) in [6.45, 7) is 6.91. The van der Waals surface area contributed by atoms with Gasteiger partial charge in [0.1, 0.15) is 0 Å². The quantitative estimate of drug-likeness (QED) is 0.732. The van der Waals surface area contributed by atoms with E-state index in [0.717, 1.165) is 41.0 Å². The summed E-state index contributed by atoms with van der Waals surface area (Å²) in [5, 5.41) is 4.94. The van der Waals surface area contributed by atoms with Crippen LogP contribution in [0, 0.1) is 5.41 Å². The molecule has 2 fully saturated rings. The van der Waals surface area contributed by atoms with Crippen LogP contribution in [0.3, 0.4) is 0 Å². The first-order valence-electron chi connectivity index (χ1n) is 10.9. The summed E-state index contributed by atoms with van der Waals surface area (Å²) in [7, 11) is -1.16. The second-order valence-corrected chi connectivity index (χ2v) is 10.8. The van der Waals surface area contributed by atoms with E-state index in [1.807, 2.05) is 29.2 Å². The number of fused-ring (bicyclic) bond motifs is 3. The van der Waals surface area contributed by atoms with Crippen LogP contribution in [0.1, 0.15) is 61.6 Å². The van der Waals surface area contributed by atoms with E-state index in [2.05, 4.69) is 18.5 Å². The van der Waals surface area contributed by atoms with Gasteiger partial charge in [-0.3, -0.25) is 13.7 Å². The number of ether oxygens (including phenoxy) is 1. The first-order chi connectivity index (χ1) is 14.4. The van der Waals surface area contributed by atoms with Gasteiger partial charge in [-0.15, -0.1) is 0 Å². The Balaban J connectivity index is 1.64. The molecule has 5 rings (SSSR count). The number of hydrogen-bond donors (Lipinski definition) is 0. The average molecular weight is 428 g/mol. The van der Waals surface area contributed by atoms with Crippen LogP contribution in [-0.2, 0) is 21.3 Å². The van der Waals surface area contributed by atoms with Crippen molar-refractivity contribution in [1.29, 1.82) is 0 Å². The summed E-state index contributed by atoms with van der Waals surface area (Å²) in [5.41, 5.74) is 3.57. The van der Waals surface area contributed by atoms with Crippen LogP contribution >= 0.6 is 0 Å². The van der Waals surface area contributed by atoms with Crippen molar-refractivity contribution in [3.63, 3.8) is 0 Å². The fraction of sp³-hybridized carbons (Fsp3) is 0.565. The summed E-state index contributed by atoms with van der Waals surface area (Å²) < 4.78 is 20.5. The van der Waals surface area contributed by atoms with Crippen molar-refractivity contribution < 1.29 is 13.7 Å². The van der Waals surface area contributed by atoms with Gasteiger partial charge in [-0.25, -0.2) is 0 Å². The SMILES string of the molecule is CC1(C)CCCC(n2nc(C(=O)N3CCOCC3)c3c2-c2ccccc2S(=O)C3)C1. The van der Waals surface area contributed by atoms with Gasteiger partial charge < -0.3 is 9.64 Å². The Hall–Kier alpha value is -1.99. The third-order valence-corrected chi connectivity index (χ3v) is 8.09. The first kappa shape index (κ1) is 19.9. The van der Waals surface area contributed by atoms with E-state index in [1.54, 1.807) is 0 Å². The fourth-order valence-electron chi connectivity index (χ4n) is 5.18. The number of rotatable bonds is 2. The van der Waals surface area contributed by atoms with Crippen molar-refractivity contribution in [2.24, 2.45) is 5.41 Å². The summed E-state index contributed by atoms with van der Waals surface area (Å²) >= 11 is 0. The molecule has 30 heavy (non-hydrogen) atoms. The number of morpholine rings is 1. The number of aromatic nitrogens is 2. The molecule has 1 saturated carbocycles. The lowest BCUT2D eigenvalue weighted by atomic mass is 9.75. The Morgan fingerprint density at radius 2 is 2.00 bits per heavy atom. The van der Waals surface area contributed by atoms with Gasteiger partial charge in [0.15, 0.2) is 5.69 Å². The highest BCUT2D eigenvalue weighted by molar-refractivity contribution is 7.84. The molecule has 1 aromatic heterocycles. The predicted molar refractivity (Wildman–Crippen MR) is 116 cm³/mol. The molecule has 2 unspecified atom stereocenters. The zero-order valence-corrected chi connectivity index (χ0v) is 18.5. The molecular formula is C23H29N3O3S. The van der Waals surface area contributed by atoms with Crippen molar-refractivity contribution in [2.45, 2.75) is 56.2 Å². The maximum absolute atomic E-state index is 13.4. The minimum absolute atomic E-state index is 0.0558. The molecule has 0 radical (unpaired) electrons. The van der Waals surface area contributed by atoms with E-state index < -0.39 is 10.8 Å². The molecule has 1 amide bonds. The van der Waals surface area contributed by atoms with Gasteiger partial charge in [-0.05, 0) is 30.7 Å². The minimum atomic E-state index is -1.16. The summed E-state index contributed by atoms with van der Waals surface area (Å²) in [4.78, 5) is 16.1. The molecule has 0 bridgehead atoms. The predicted octanol–water partition coefficient (Wildman–Crippen LogP) is 3.79. The lowest BCUT2D eigenvalue weighted by molar-refractivity contribution is 0.0297. The van der Waals surface area contributed by atoms with Crippen molar-refractivity contribution in [3.05, 3.63) is 35.5 Å². The topological polar surface area (TPSA) is 64.4 Å². The summed E-state index contributed by atoms with van der Waals surface area (Å²) in [6, 6.07) is 8.15. The Labute approximate surface area is 180 Å². The molecule has 2 aromatic rings. The number of amides is 1. The summed E-state index contributed by atoms with van der Waals surface area (Å²) in [6.07, 6.45) is 4.48. The second kappa shape index (κ2) is 7.61. The van der Waals surface area contributed by atoms with E-state index >= 15 is 0 Å². The van der Waals surface area contributed by atoms with Crippen LogP contribution in [0.5, 0.6) is 0 Å². The third-order valence-electron chi connectivity index (χ3n) is 6.70. The number of hydrogen-bond acceptors (Lipinski definition) is 4. The molecular weight excluding hydrogens is 398 g/mol. The van der Waals surface area contributed by atoms with Crippen molar-refractivity contribution >= 4 is 16.7 Å². The monoisotopic (exact) mass is 427 g/mol. The van der Waals surface area contributed by atoms with Crippen LogP contribution < -0.4 is 0 Å². The van der Waals surface area contributed by atoms with Gasteiger partial charge >= 0.3 is 0 Å². The van der Waals surface area contributed by atoms with Crippen LogP contribution in [0.15, 0.2) is 29.2 Å².